The van der Waals surface area contributed by atoms with Crippen LogP contribution in [0.5, 0.6) is 0 Å². The van der Waals surface area contributed by atoms with Crippen LogP contribution in [0.1, 0.15) is 73.5 Å². The van der Waals surface area contributed by atoms with Crippen LogP contribution < -0.4 is 0 Å². The fourth-order valence-corrected chi connectivity index (χ4v) is 5.64. The molecule has 3 heterocycles. The molecule has 0 radical (unpaired) electrons. The predicted octanol–water partition coefficient (Wildman–Crippen LogP) is 2.07. The summed E-state index contributed by atoms with van der Waals surface area (Å²) in [6, 6.07) is 1.50. The maximum absolute atomic E-state index is 13.1. The van der Waals surface area contributed by atoms with E-state index in [0.717, 1.165) is 24.5 Å². The number of nitrogens with one attached hydrogen (secondary N) is 1. The molecule has 4 rings (SSSR count). The van der Waals surface area contributed by atoms with Gasteiger partial charge in [0, 0.05) is 51.3 Å². The number of likely N-dealkylation sites (tertiary alicyclic amines) is 1. The second kappa shape index (κ2) is 8.14. The summed E-state index contributed by atoms with van der Waals surface area (Å²) in [5.41, 5.74) is 0.398. The number of H-pyrrole nitrogens is 1. The minimum atomic E-state index is -3.59. The maximum Gasteiger partial charge on any atom is 0.270 e. The van der Waals surface area contributed by atoms with Gasteiger partial charge in [0.15, 0.2) is 5.82 Å². The first kappa shape index (κ1) is 21.0. The van der Waals surface area contributed by atoms with Crippen LogP contribution in [0.4, 0.5) is 0 Å². The van der Waals surface area contributed by atoms with Gasteiger partial charge in [0.1, 0.15) is 16.4 Å². The number of aryl methyl sites for hydroxylation is 1. The second-order valence-corrected chi connectivity index (χ2v) is 10.1. The minimum Gasteiger partial charge on any atom is -0.345 e. The van der Waals surface area contributed by atoms with Crippen LogP contribution in [0.3, 0.4) is 0 Å². The monoisotopic (exact) mass is 434 g/mol. The van der Waals surface area contributed by atoms with E-state index in [2.05, 4.69) is 15.2 Å². The van der Waals surface area contributed by atoms with Crippen LogP contribution in [-0.4, -0.2) is 69.5 Å². The first-order chi connectivity index (χ1) is 14.3. The lowest BCUT2D eigenvalue weighted by Gasteiger charge is -2.31. The van der Waals surface area contributed by atoms with E-state index in [4.69, 9.17) is 0 Å². The average Bonchev–Trinajstić information content (AvgIpc) is 3.33. The lowest BCUT2D eigenvalue weighted by molar-refractivity contribution is 0.0701. The summed E-state index contributed by atoms with van der Waals surface area (Å²) < 4.78 is 28.6. The summed E-state index contributed by atoms with van der Waals surface area (Å²) in [6.45, 7) is 5.65. The summed E-state index contributed by atoms with van der Waals surface area (Å²) >= 11 is 0. The van der Waals surface area contributed by atoms with Crippen LogP contribution in [0.2, 0.25) is 0 Å². The zero-order valence-corrected chi connectivity index (χ0v) is 18.7. The molecule has 0 aromatic carbocycles. The predicted molar refractivity (Wildman–Crippen MR) is 112 cm³/mol. The van der Waals surface area contributed by atoms with Crippen LogP contribution in [0.25, 0.3) is 0 Å². The lowest BCUT2D eigenvalue weighted by Crippen LogP contribution is -2.38. The number of nitrogens with zero attached hydrogens (tertiary/aromatic N) is 5. The van der Waals surface area contributed by atoms with Crippen LogP contribution >= 0.6 is 0 Å². The number of hydrogen-bond donors (Lipinski definition) is 1. The molecule has 2 aromatic rings. The van der Waals surface area contributed by atoms with Crippen molar-refractivity contribution in [3.05, 3.63) is 29.6 Å². The zero-order valence-electron chi connectivity index (χ0n) is 17.8. The van der Waals surface area contributed by atoms with Crippen molar-refractivity contribution < 1.29 is 13.2 Å². The molecule has 2 fully saturated rings. The molecule has 1 N–H and O–H groups in total. The Labute approximate surface area is 177 Å². The van der Waals surface area contributed by atoms with E-state index < -0.39 is 10.0 Å². The number of rotatable bonds is 7. The van der Waals surface area contributed by atoms with Gasteiger partial charge in [-0.15, -0.1) is 0 Å². The second-order valence-electron chi connectivity index (χ2n) is 8.18. The summed E-state index contributed by atoms with van der Waals surface area (Å²) in [6.07, 6.45) is 5.52. The summed E-state index contributed by atoms with van der Waals surface area (Å²) in [5.74, 6) is 2.52. The van der Waals surface area contributed by atoms with Gasteiger partial charge in [0.05, 0.1) is 0 Å². The van der Waals surface area contributed by atoms with Crippen molar-refractivity contribution in [3.8, 4) is 0 Å². The first-order valence-corrected chi connectivity index (χ1v) is 12.2. The Bertz CT molecular complexity index is 1010. The highest BCUT2D eigenvalue weighted by Gasteiger charge is 2.32. The van der Waals surface area contributed by atoms with Crippen LogP contribution in [-0.2, 0) is 17.1 Å². The number of piperidine rings is 1. The molecule has 0 spiro atoms. The van der Waals surface area contributed by atoms with Crippen LogP contribution in [0.15, 0.2) is 17.2 Å². The van der Waals surface area contributed by atoms with Crippen molar-refractivity contribution in [2.45, 2.75) is 56.3 Å². The smallest absolute Gasteiger partial charge is 0.270 e. The molecule has 1 aliphatic heterocycles. The van der Waals surface area contributed by atoms with Gasteiger partial charge in [-0.2, -0.15) is 9.40 Å². The van der Waals surface area contributed by atoms with Crippen molar-refractivity contribution in [1.29, 1.82) is 0 Å². The van der Waals surface area contributed by atoms with Gasteiger partial charge < -0.3 is 9.47 Å². The summed E-state index contributed by atoms with van der Waals surface area (Å²) in [7, 11) is -1.87. The number of carbonyl (C=O) groups is 1. The molecule has 10 heteroatoms. The van der Waals surface area contributed by atoms with Gasteiger partial charge in [0.2, 0.25) is 10.0 Å². The highest BCUT2D eigenvalue weighted by molar-refractivity contribution is 7.89. The Hall–Kier alpha value is -2.20. The average molecular weight is 435 g/mol. The van der Waals surface area contributed by atoms with Gasteiger partial charge in [-0.05, 0) is 31.7 Å². The van der Waals surface area contributed by atoms with E-state index in [9.17, 15) is 13.2 Å². The fourth-order valence-electron chi connectivity index (χ4n) is 4.11. The van der Waals surface area contributed by atoms with Crippen molar-refractivity contribution in [1.82, 2.24) is 29.0 Å². The van der Waals surface area contributed by atoms with E-state index in [1.165, 1.54) is 29.4 Å². The van der Waals surface area contributed by atoms with Crippen molar-refractivity contribution in [3.63, 3.8) is 0 Å². The van der Waals surface area contributed by atoms with E-state index in [1.54, 1.807) is 16.5 Å². The molecular formula is C20H30N6O3S. The third-order valence-electron chi connectivity index (χ3n) is 6.17. The highest BCUT2D eigenvalue weighted by atomic mass is 32.2. The molecule has 1 aliphatic carbocycles. The SMILES string of the molecule is CCN(CC)S(=O)(=O)c1cc(C(=O)N2CCC(c3nc(C4CC4)n[nH]3)CC2)n(C)c1. The Morgan fingerprint density at radius 2 is 1.83 bits per heavy atom. The van der Waals surface area contributed by atoms with Gasteiger partial charge in [-0.3, -0.25) is 9.89 Å². The molecule has 0 bridgehead atoms. The largest absolute Gasteiger partial charge is 0.345 e. The number of hydrogen-bond acceptors (Lipinski definition) is 5. The molecule has 2 aromatic heterocycles. The number of aromatic amines is 1. The van der Waals surface area contributed by atoms with Crippen molar-refractivity contribution >= 4 is 15.9 Å². The number of sulfonamides is 1. The summed E-state index contributed by atoms with van der Waals surface area (Å²) in [5, 5.41) is 7.42. The van der Waals surface area contributed by atoms with Crippen molar-refractivity contribution in [2.75, 3.05) is 26.2 Å². The molecule has 164 valence electrons. The number of carbonyl (C=O) groups excluding carboxylic acids is 1. The van der Waals surface area contributed by atoms with Gasteiger partial charge >= 0.3 is 0 Å². The highest BCUT2D eigenvalue weighted by Crippen LogP contribution is 2.38. The molecule has 2 aliphatic rings. The van der Waals surface area contributed by atoms with E-state index in [1.807, 2.05) is 13.8 Å². The lowest BCUT2D eigenvalue weighted by atomic mass is 9.96. The third kappa shape index (κ3) is 3.90. The van der Waals surface area contributed by atoms with Gasteiger partial charge in [-0.25, -0.2) is 13.4 Å². The Morgan fingerprint density at radius 1 is 1.17 bits per heavy atom. The van der Waals surface area contributed by atoms with Crippen molar-refractivity contribution in [2.24, 2.45) is 7.05 Å². The molecule has 1 amide bonds. The quantitative estimate of drug-likeness (QED) is 0.718. The van der Waals surface area contributed by atoms with Gasteiger partial charge in [0.25, 0.3) is 5.91 Å². The zero-order chi connectivity index (χ0) is 21.5. The molecule has 30 heavy (non-hydrogen) atoms. The molecule has 1 saturated heterocycles. The first-order valence-electron chi connectivity index (χ1n) is 10.7. The third-order valence-corrected chi connectivity index (χ3v) is 8.19. The molecule has 1 saturated carbocycles. The number of amides is 1. The Balaban J connectivity index is 1.43. The molecule has 9 nitrogen and oxygen atoms in total. The summed E-state index contributed by atoms with van der Waals surface area (Å²) in [4.78, 5) is 19.7. The topological polar surface area (TPSA) is 104 Å². The van der Waals surface area contributed by atoms with E-state index in [-0.39, 0.29) is 16.7 Å². The molecule has 0 atom stereocenters. The Morgan fingerprint density at radius 3 is 2.43 bits per heavy atom. The van der Waals surface area contributed by atoms with E-state index >= 15 is 0 Å². The standard InChI is InChI=1S/C20H30N6O3S/c1-4-26(5-2)30(28,29)16-12-17(24(3)13-16)20(27)25-10-8-15(9-11-25)19-21-18(22-23-19)14-6-7-14/h12-15H,4-11H2,1-3H3,(H,21,22,23). The maximum atomic E-state index is 13.1. The molecule has 0 unspecified atom stereocenters. The van der Waals surface area contributed by atoms with Crippen LogP contribution in [0, 0.1) is 0 Å². The number of aromatic nitrogens is 4. The van der Waals surface area contributed by atoms with Gasteiger partial charge in [-0.1, -0.05) is 13.8 Å². The normalized spacial score (nSPS) is 18.3. The molecular weight excluding hydrogens is 404 g/mol. The minimum absolute atomic E-state index is 0.131. The fraction of sp³-hybridized carbons (Fsp3) is 0.650. The van der Waals surface area contributed by atoms with E-state index in [0.29, 0.717) is 37.8 Å². The Kier molecular flexibility index (Phi) is 5.71.